The lowest BCUT2D eigenvalue weighted by molar-refractivity contribution is -0.121. The van der Waals surface area contributed by atoms with Gasteiger partial charge < -0.3 is 4.74 Å². The summed E-state index contributed by atoms with van der Waals surface area (Å²) in [6, 6.07) is 13.1. The van der Waals surface area contributed by atoms with Gasteiger partial charge in [-0.1, -0.05) is 28.1 Å². The lowest BCUT2D eigenvalue weighted by Gasteiger charge is -2.09. The normalized spacial score (nSPS) is 11.0. The average Bonchev–Trinajstić information content (AvgIpc) is 2.45. The fraction of sp³-hybridized carbons (Fsp3) is 0.133. The van der Waals surface area contributed by atoms with E-state index in [0.29, 0.717) is 5.75 Å². The molecule has 0 atom stereocenters. The summed E-state index contributed by atoms with van der Waals surface area (Å²) in [5.74, 6) is -0.222. The number of aryl methyl sites for hydroxylation is 1. The van der Waals surface area contributed by atoms with Crippen LogP contribution in [0.3, 0.4) is 0 Å². The third-order valence-electron chi connectivity index (χ3n) is 2.73. The highest BCUT2D eigenvalue weighted by atomic mass is 79.9. The SMILES string of the molecule is Cc1cccc(OCC(=O)NS(=O)(=O)c2ccc(Br)cc2)c1. The topological polar surface area (TPSA) is 72.5 Å². The van der Waals surface area contributed by atoms with Gasteiger partial charge in [-0.2, -0.15) is 0 Å². The molecule has 0 aliphatic carbocycles. The van der Waals surface area contributed by atoms with Gasteiger partial charge in [-0.25, -0.2) is 13.1 Å². The number of hydrogen-bond acceptors (Lipinski definition) is 4. The van der Waals surface area contributed by atoms with Crippen molar-refractivity contribution in [1.29, 1.82) is 0 Å². The molecule has 0 unspecified atom stereocenters. The number of hydrogen-bond donors (Lipinski definition) is 1. The van der Waals surface area contributed by atoms with Gasteiger partial charge in [-0.15, -0.1) is 0 Å². The number of rotatable bonds is 5. The molecule has 0 aromatic heterocycles. The maximum absolute atomic E-state index is 12.0. The Morgan fingerprint density at radius 3 is 2.50 bits per heavy atom. The summed E-state index contributed by atoms with van der Waals surface area (Å²) in [5.41, 5.74) is 0.986. The summed E-state index contributed by atoms with van der Waals surface area (Å²) < 4.78 is 32.0. The molecule has 0 heterocycles. The molecule has 0 saturated carbocycles. The maximum atomic E-state index is 12.0. The Hall–Kier alpha value is -1.86. The number of sulfonamides is 1. The second-order valence-corrected chi connectivity index (χ2v) is 7.19. The van der Waals surface area contributed by atoms with Gasteiger partial charge in [-0.3, -0.25) is 4.79 Å². The van der Waals surface area contributed by atoms with Crippen molar-refractivity contribution in [3.05, 3.63) is 58.6 Å². The zero-order valence-electron chi connectivity index (χ0n) is 11.7. The molecule has 0 fully saturated rings. The molecular formula is C15H14BrNO4S. The van der Waals surface area contributed by atoms with Gasteiger partial charge in [0.2, 0.25) is 0 Å². The minimum atomic E-state index is -3.89. The van der Waals surface area contributed by atoms with Crippen molar-refractivity contribution < 1.29 is 17.9 Å². The molecule has 0 saturated heterocycles. The van der Waals surface area contributed by atoms with Crippen molar-refractivity contribution in [3.63, 3.8) is 0 Å². The third kappa shape index (κ3) is 4.57. The molecule has 0 radical (unpaired) electrons. The van der Waals surface area contributed by atoms with E-state index in [1.54, 1.807) is 30.3 Å². The number of halogens is 1. The first kappa shape index (κ1) is 16.5. The van der Waals surface area contributed by atoms with Gasteiger partial charge in [-0.05, 0) is 48.9 Å². The molecule has 0 aliphatic heterocycles. The van der Waals surface area contributed by atoms with Gasteiger partial charge >= 0.3 is 0 Å². The predicted octanol–water partition coefficient (Wildman–Crippen LogP) is 2.64. The van der Waals surface area contributed by atoms with Crippen molar-refractivity contribution in [2.45, 2.75) is 11.8 Å². The lowest BCUT2D eigenvalue weighted by atomic mass is 10.2. The molecule has 5 nitrogen and oxygen atoms in total. The van der Waals surface area contributed by atoms with Crippen LogP contribution in [0.5, 0.6) is 5.75 Å². The molecular weight excluding hydrogens is 370 g/mol. The van der Waals surface area contributed by atoms with E-state index in [1.165, 1.54) is 12.1 Å². The van der Waals surface area contributed by atoms with Gasteiger partial charge in [0.25, 0.3) is 15.9 Å². The molecule has 0 aliphatic rings. The minimum Gasteiger partial charge on any atom is -0.484 e. The van der Waals surface area contributed by atoms with Crippen LogP contribution in [0.15, 0.2) is 57.9 Å². The van der Waals surface area contributed by atoms with E-state index < -0.39 is 15.9 Å². The highest BCUT2D eigenvalue weighted by molar-refractivity contribution is 9.10. The van der Waals surface area contributed by atoms with Crippen LogP contribution in [0, 0.1) is 6.92 Å². The predicted molar refractivity (Wildman–Crippen MR) is 86.1 cm³/mol. The molecule has 7 heteroatoms. The second-order valence-electron chi connectivity index (χ2n) is 4.59. The first-order valence-electron chi connectivity index (χ1n) is 6.37. The number of ether oxygens (including phenoxy) is 1. The molecule has 0 spiro atoms. The first-order valence-corrected chi connectivity index (χ1v) is 8.65. The van der Waals surface area contributed by atoms with Crippen molar-refractivity contribution in [1.82, 2.24) is 4.72 Å². The van der Waals surface area contributed by atoms with Crippen LogP contribution in [0.4, 0.5) is 0 Å². The highest BCUT2D eigenvalue weighted by Gasteiger charge is 2.17. The smallest absolute Gasteiger partial charge is 0.271 e. The third-order valence-corrected chi connectivity index (χ3v) is 4.65. The molecule has 22 heavy (non-hydrogen) atoms. The lowest BCUT2D eigenvalue weighted by Crippen LogP contribution is -2.34. The van der Waals surface area contributed by atoms with E-state index in [0.717, 1.165) is 10.0 Å². The first-order chi connectivity index (χ1) is 10.4. The van der Waals surface area contributed by atoms with Crippen LogP contribution in [0.25, 0.3) is 0 Å². The fourth-order valence-electron chi connectivity index (χ4n) is 1.71. The van der Waals surface area contributed by atoms with Crippen molar-refractivity contribution in [3.8, 4) is 5.75 Å². The zero-order chi connectivity index (χ0) is 16.2. The Labute approximate surface area is 137 Å². The van der Waals surface area contributed by atoms with Crippen molar-refractivity contribution in [2.75, 3.05) is 6.61 Å². The van der Waals surface area contributed by atoms with E-state index in [2.05, 4.69) is 15.9 Å². The molecule has 0 bridgehead atoms. The van der Waals surface area contributed by atoms with Crippen LogP contribution >= 0.6 is 15.9 Å². The number of benzene rings is 2. The largest absolute Gasteiger partial charge is 0.484 e. The summed E-state index contributed by atoms with van der Waals surface area (Å²) in [6.07, 6.45) is 0. The molecule has 1 amide bonds. The summed E-state index contributed by atoms with van der Waals surface area (Å²) in [6.45, 7) is 1.52. The van der Waals surface area contributed by atoms with E-state index in [-0.39, 0.29) is 11.5 Å². The van der Waals surface area contributed by atoms with Crippen molar-refractivity contribution >= 4 is 31.9 Å². The Bertz CT molecular complexity index is 772. The van der Waals surface area contributed by atoms with Crippen LogP contribution in [-0.4, -0.2) is 20.9 Å². The van der Waals surface area contributed by atoms with Gasteiger partial charge in [0.1, 0.15) is 5.75 Å². The second kappa shape index (κ2) is 6.93. The van der Waals surface area contributed by atoms with Crippen LogP contribution in [0.2, 0.25) is 0 Å². The molecule has 2 aromatic rings. The fourth-order valence-corrected chi connectivity index (χ4v) is 2.94. The maximum Gasteiger partial charge on any atom is 0.271 e. The summed E-state index contributed by atoms with van der Waals surface area (Å²) in [7, 11) is -3.89. The number of nitrogens with one attached hydrogen (secondary N) is 1. The standard InChI is InChI=1S/C15H14BrNO4S/c1-11-3-2-4-13(9-11)21-10-15(18)17-22(19,20)14-7-5-12(16)6-8-14/h2-9H,10H2,1H3,(H,17,18). The zero-order valence-corrected chi connectivity index (χ0v) is 14.1. The Morgan fingerprint density at radius 1 is 1.18 bits per heavy atom. The molecule has 2 rings (SSSR count). The quantitative estimate of drug-likeness (QED) is 0.861. The highest BCUT2D eigenvalue weighted by Crippen LogP contribution is 2.15. The monoisotopic (exact) mass is 383 g/mol. The summed E-state index contributed by atoms with van der Waals surface area (Å²) in [4.78, 5) is 11.7. The van der Waals surface area contributed by atoms with Gasteiger partial charge in [0, 0.05) is 4.47 Å². The van der Waals surface area contributed by atoms with E-state index in [1.807, 2.05) is 17.7 Å². The van der Waals surface area contributed by atoms with Crippen LogP contribution in [0.1, 0.15) is 5.56 Å². The molecule has 1 N–H and O–H groups in total. The van der Waals surface area contributed by atoms with E-state index in [4.69, 9.17) is 4.74 Å². The van der Waals surface area contributed by atoms with E-state index >= 15 is 0 Å². The van der Waals surface area contributed by atoms with Crippen LogP contribution < -0.4 is 9.46 Å². The number of carbonyl (C=O) groups is 1. The molecule has 2 aromatic carbocycles. The van der Waals surface area contributed by atoms with Gasteiger partial charge in [0.05, 0.1) is 4.90 Å². The number of amides is 1. The Kier molecular flexibility index (Phi) is 5.20. The Balaban J connectivity index is 1.97. The average molecular weight is 384 g/mol. The summed E-state index contributed by atoms with van der Waals surface area (Å²) in [5, 5.41) is 0. The number of carbonyl (C=O) groups excluding carboxylic acids is 1. The van der Waals surface area contributed by atoms with Crippen molar-refractivity contribution in [2.24, 2.45) is 0 Å². The van der Waals surface area contributed by atoms with E-state index in [9.17, 15) is 13.2 Å². The summed E-state index contributed by atoms with van der Waals surface area (Å²) >= 11 is 3.22. The Morgan fingerprint density at radius 2 is 1.86 bits per heavy atom. The van der Waals surface area contributed by atoms with Gasteiger partial charge in [0.15, 0.2) is 6.61 Å². The van der Waals surface area contributed by atoms with Crippen LogP contribution in [-0.2, 0) is 14.8 Å². The minimum absolute atomic E-state index is 0.0135. The molecule has 116 valence electrons.